The molecule has 0 saturated heterocycles. The molecular formula is C33H37N3O3S. The highest BCUT2D eigenvalue weighted by molar-refractivity contribution is 7.14. The lowest BCUT2D eigenvalue weighted by atomic mass is 9.88. The van der Waals surface area contributed by atoms with E-state index >= 15 is 0 Å². The maximum atomic E-state index is 12.8. The molecule has 0 fully saturated rings. The predicted octanol–water partition coefficient (Wildman–Crippen LogP) is 6.35. The van der Waals surface area contributed by atoms with E-state index in [0.717, 1.165) is 38.4 Å². The smallest absolute Gasteiger partial charge is 0.241 e. The average Bonchev–Trinajstić information content (AvgIpc) is 3.42. The van der Waals surface area contributed by atoms with Crippen molar-refractivity contribution in [2.75, 3.05) is 26.0 Å². The van der Waals surface area contributed by atoms with Crippen LogP contribution in [-0.4, -0.2) is 42.5 Å². The summed E-state index contributed by atoms with van der Waals surface area (Å²) < 4.78 is 0. The summed E-state index contributed by atoms with van der Waals surface area (Å²) in [5, 5.41) is 17.1. The Morgan fingerprint density at radius 1 is 0.925 bits per heavy atom. The minimum absolute atomic E-state index is 0.0320. The number of nitrogens with one attached hydrogen (secondary N) is 2. The Morgan fingerprint density at radius 3 is 2.30 bits per heavy atom. The number of anilines is 1. The Balaban J connectivity index is 1.50. The van der Waals surface area contributed by atoms with E-state index in [9.17, 15) is 14.7 Å². The van der Waals surface area contributed by atoms with E-state index in [1.54, 1.807) is 18.4 Å². The van der Waals surface area contributed by atoms with E-state index in [2.05, 4.69) is 58.0 Å². The standard InChI is InChI=1S/C33H37N3O3S/c1-33(2,18-19-37)32(39)35-28-17-20-40-30(28)27-12-8-11-26(21-27)24-15-13-23(14-16-24)22-36(4)29(31(38)34-3)25-9-6-5-7-10-25/h5-17,20-21,29,37H,18-19,22H2,1-4H3,(H,34,38)(H,35,39). The highest BCUT2D eigenvalue weighted by atomic mass is 32.1. The lowest BCUT2D eigenvalue weighted by Gasteiger charge is -2.27. The van der Waals surface area contributed by atoms with Crippen molar-refractivity contribution in [2.24, 2.45) is 5.41 Å². The Morgan fingerprint density at radius 2 is 1.62 bits per heavy atom. The SMILES string of the molecule is CNC(=O)C(c1ccccc1)N(C)Cc1ccc(-c2cccc(-c3sccc3NC(=O)C(C)(C)CCO)c2)cc1. The summed E-state index contributed by atoms with van der Waals surface area (Å²) in [5.74, 6) is -0.146. The van der Waals surface area contributed by atoms with Gasteiger partial charge >= 0.3 is 0 Å². The number of hydrogen-bond donors (Lipinski definition) is 3. The number of benzene rings is 3. The number of carbonyl (C=O) groups is 2. The van der Waals surface area contributed by atoms with Crippen molar-refractivity contribution in [3.63, 3.8) is 0 Å². The van der Waals surface area contributed by atoms with Gasteiger partial charge in [-0.05, 0) is 58.8 Å². The van der Waals surface area contributed by atoms with Gasteiger partial charge < -0.3 is 15.7 Å². The second-order valence-corrected chi connectivity index (χ2v) is 11.5. The number of thiophene rings is 1. The van der Waals surface area contributed by atoms with Gasteiger partial charge in [-0.1, -0.05) is 86.6 Å². The van der Waals surface area contributed by atoms with E-state index < -0.39 is 5.41 Å². The summed E-state index contributed by atoms with van der Waals surface area (Å²) >= 11 is 1.58. The van der Waals surface area contributed by atoms with Gasteiger partial charge in [-0.15, -0.1) is 11.3 Å². The van der Waals surface area contributed by atoms with Gasteiger partial charge in [-0.25, -0.2) is 0 Å². The minimum Gasteiger partial charge on any atom is -0.396 e. The summed E-state index contributed by atoms with van der Waals surface area (Å²) in [4.78, 5) is 28.6. The Bertz CT molecular complexity index is 1430. The first kappa shape index (κ1) is 29.2. The molecule has 1 atom stereocenters. The van der Waals surface area contributed by atoms with Crippen LogP contribution in [0.5, 0.6) is 0 Å². The fourth-order valence-electron chi connectivity index (χ4n) is 4.72. The zero-order valence-corrected chi connectivity index (χ0v) is 24.3. The van der Waals surface area contributed by atoms with Gasteiger partial charge in [0.05, 0.1) is 10.6 Å². The Kier molecular flexibility index (Phi) is 9.53. The van der Waals surface area contributed by atoms with Gasteiger partial charge in [0.1, 0.15) is 6.04 Å². The van der Waals surface area contributed by atoms with Gasteiger partial charge in [0.2, 0.25) is 11.8 Å². The maximum Gasteiger partial charge on any atom is 0.241 e. The van der Waals surface area contributed by atoms with Gasteiger partial charge in [0.25, 0.3) is 0 Å². The Hall–Kier alpha value is -3.78. The zero-order chi connectivity index (χ0) is 28.7. The number of nitrogens with zero attached hydrogens (tertiary/aromatic N) is 1. The second kappa shape index (κ2) is 13.0. The molecule has 4 rings (SSSR count). The van der Waals surface area contributed by atoms with E-state index in [-0.39, 0.29) is 24.5 Å². The van der Waals surface area contributed by atoms with Gasteiger partial charge in [-0.2, -0.15) is 0 Å². The minimum atomic E-state index is -0.660. The molecule has 1 unspecified atom stereocenters. The van der Waals surface area contributed by atoms with Crippen LogP contribution in [-0.2, 0) is 16.1 Å². The molecule has 1 heterocycles. The van der Waals surface area contributed by atoms with Crippen molar-refractivity contribution in [1.82, 2.24) is 10.2 Å². The normalized spacial score (nSPS) is 12.2. The first-order valence-corrected chi connectivity index (χ1v) is 14.3. The first-order chi connectivity index (χ1) is 19.2. The highest BCUT2D eigenvalue weighted by Gasteiger charge is 2.28. The van der Waals surface area contributed by atoms with Crippen molar-refractivity contribution in [2.45, 2.75) is 32.9 Å². The van der Waals surface area contributed by atoms with E-state index in [0.29, 0.717) is 13.0 Å². The number of aliphatic hydroxyl groups excluding tert-OH is 1. The highest BCUT2D eigenvalue weighted by Crippen LogP contribution is 2.37. The monoisotopic (exact) mass is 555 g/mol. The molecule has 3 aromatic carbocycles. The van der Waals surface area contributed by atoms with Crippen LogP contribution in [0, 0.1) is 5.41 Å². The molecule has 4 aromatic rings. The summed E-state index contributed by atoms with van der Waals surface area (Å²) in [5.41, 5.74) is 5.39. The molecule has 3 N–H and O–H groups in total. The second-order valence-electron chi connectivity index (χ2n) is 10.6. The van der Waals surface area contributed by atoms with Gasteiger partial charge in [0, 0.05) is 25.6 Å². The summed E-state index contributed by atoms with van der Waals surface area (Å²) in [6.45, 7) is 4.27. The molecule has 0 radical (unpaired) electrons. The van der Waals surface area contributed by atoms with Crippen LogP contribution in [0.15, 0.2) is 90.3 Å². The third-order valence-corrected chi connectivity index (χ3v) is 8.12. The largest absolute Gasteiger partial charge is 0.396 e. The molecule has 6 nitrogen and oxygen atoms in total. The molecule has 1 aromatic heterocycles. The molecule has 0 aliphatic carbocycles. The van der Waals surface area contributed by atoms with E-state index in [1.807, 2.05) is 68.7 Å². The molecule has 7 heteroatoms. The fourth-order valence-corrected chi connectivity index (χ4v) is 5.57. The lowest BCUT2D eigenvalue weighted by molar-refractivity contribution is -0.126. The van der Waals surface area contributed by atoms with Crippen molar-refractivity contribution in [3.05, 3.63) is 101 Å². The van der Waals surface area contributed by atoms with Crippen LogP contribution in [0.25, 0.3) is 21.6 Å². The lowest BCUT2D eigenvalue weighted by Crippen LogP contribution is -2.36. The fraction of sp³-hybridized carbons (Fsp3) is 0.273. The number of carbonyl (C=O) groups excluding carboxylic acids is 2. The van der Waals surface area contributed by atoms with Crippen LogP contribution in [0.4, 0.5) is 5.69 Å². The molecule has 0 aliphatic rings. The van der Waals surface area contributed by atoms with Gasteiger partial charge in [0.15, 0.2) is 0 Å². The molecule has 2 amide bonds. The molecule has 0 spiro atoms. The first-order valence-electron chi connectivity index (χ1n) is 13.4. The van der Waals surface area contributed by atoms with Crippen LogP contribution in [0.1, 0.15) is 37.4 Å². The van der Waals surface area contributed by atoms with Gasteiger partial charge in [-0.3, -0.25) is 14.5 Å². The molecule has 0 saturated carbocycles. The number of amides is 2. The number of rotatable bonds is 11. The van der Waals surface area contributed by atoms with Crippen molar-refractivity contribution < 1.29 is 14.7 Å². The zero-order valence-electron chi connectivity index (χ0n) is 23.5. The number of hydrogen-bond acceptors (Lipinski definition) is 5. The van der Waals surface area contributed by atoms with Crippen molar-refractivity contribution in [3.8, 4) is 21.6 Å². The predicted molar refractivity (Wildman–Crippen MR) is 164 cm³/mol. The topological polar surface area (TPSA) is 81.7 Å². The quantitative estimate of drug-likeness (QED) is 0.202. The molecule has 40 heavy (non-hydrogen) atoms. The van der Waals surface area contributed by atoms with Crippen LogP contribution in [0.3, 0.4) is 0 Å². The molecule has 208 valence electrons. The van der Waals surface area contributed by atoms with Crippen LogP contribution in [0.2, 0.25) is 0 Å². The molecule has 0 aliphatic heterocycles. The summed E-state index contributed by atoms with van der Waals surface area (Å²) in [6, 6.07) is 28.1. The number of likely N-dealkylation sites (N-methyl/N-ethyl adjacent to an activating group) is 2. The summed E-state index contributed by atoms with van der Waals surface area (Å²) in [6.07, 6.45) is 0.401. The average molecular weight is 556 g/mol. The van der Waals surface area contributed by atoms with Crippen molar-refractivity contribution >= 4 is 28.8 Å². The van der Waals surface area contributed by atoms with E-state index in [4.69, 9.17) is 0 Å². The molecule has 0 bridgehead atoms. The van der Waals surface area contributed by atoms with Crippen molar-refractivity contribution in [1.29, 1.82) is 0 Å². The maximum absolute atomic E-state index is 12.8. The van der Waals surface area contributed by atoms with Crippen LogP contribution >= 0.6 is 11.3 Å². The summed E-state index contributed by atoms with van der Waals surface area (Å²) in [7, 11) is 3.63. The Labute approximate surface area is 240 Å². The molecular weight excluding hydrogens is 518 g/mol. The van der Waals surface area contributed by atoms with E-state index in [1.165, 1.54) is 0 Å². The third kappa shape index (κ3) is 6.86. The number of aliphatic hydroxyl groups is 1. The van der Waals surface area contributed by atoms with Crippen LogP contribution < -0.4 is 10.6 Å². The third-order valence-electron chi connectivity index (χ3n) is 7.16.